The van der Waals surface area contributed by atoms with Crippen LogP contribution in [-0.2, 0) is 11.3 Å². The second-order valence-corrected chi connectivity index (χ2v) is 7.77. The van der Waals surface area contributed by atoms with Crippen molar-refractivity contribution in [3.8, 4) is 11.5 Å². The maximum Gasteiger partial charge on any atom is 0.253 e. The van der Waals surface area contributed by atoms with Crippen LogP contribution in [0.1, 0.15) is 35.7 Å². The number of carbonyl (C=O) groups is 2. The van der Waals surface area contributed by atoms with Crippen molar-refractivity contribution in [3.63, 3.8) is 0 Å². The fourth-order valence-corrected chi connectivity index (χ4v) is 3.60. The second kappa shape index (κ2) is 9.15. The molecule has 6 nitrogen and oxygen atoms in total. The largest absolute Gasteiger partial charge is 0.497 e. The summed E-state index contributed by atoms with van der Waals surface area (Å²) in [6.45, 7) is 3.17. The smallest absolute Gasteiger partial charge is 0.253 e. The molecular weight excluding hydrogens is 387 g/mol. The van der Waals surface area contributed by atoms with Gasteiger partial charge in [-0.15, -0.1) is 0 Å². The maximum absolute atomic E-state index is 13.4. The Morgan fingerprint density at radius 1 is 1.07 bits per heavy atom. The number of methoxy groups -OCH3 is 2. The molecule has 7 heteroatoms. The fourth-order valence-electron chi connectivity index (χ4n) is 3.60. The maximum atomic E-state index is 13.4. The molecule has 0 atom stereocenters. The van der Waals surface area contributed by atoms with Gasteiger partial charge in [0.05, 0.1) is 14.2 Å². The number of rotatable bonds is 6. The van der Waals surface area contributed by atoms with Gasteiger partial charge in [0.1, 0.15) is 17.3 Å². The zero-order valence-electron chi connectivity index (χ0n) is 17.5. The van der Waals surface area contributed by atoms with Gasteiger partial charge in [0, 0.05) is 36.7 Å². The lowest BCUT2D eigenvalue weighted by Gasteiger charge is -2.38. The van der Waals surface area contributed by atoms with Gasteiger partial charge in [0.25, 0.3) is 5.91 Å². The molecule has 1 heterocycles. The Morgan fingerprint density at radius 2 is 1.70 bits per heavy atom. The van der Waals surface area contributed by atoms with Crippen molar-refractivity contribution < 1.29 is 23.5 Å². The number of halogens is 1. The highest BCUT2D eigenvalue weighted by atomic mass is 19.1. The monoisotopic (exact) mass is 414 g/mol. The molecular formula is C23H27FN2O4. The topological polar surface area (TPSA) is 67.9 Å². The number of piperidine rings is 1. The van der Waals surface area contributed by atoms with Crippen molar-refractivity contribution in [1.82, 2.24) is 10.2 Å². The third-order valence-corrected chi connectivity index (χ3v) is 5.64. The first-order valence-electron chi connectivity index (χ1n) is 9.90. The lowest BCUT2D eigenvalue weighted by atomic mass is 9.79. The number of hydrogen-bond donors (Lipinski definition) is 1. The Hall–Kier alpha value is -3.09. The Kier molecular flexibility index (Phi) is 6.59. The highest BCUT2D eigenvalue weighted by Crippen LogP contribution is 2.32. The number of likely N-dealkylation sites (tertiary alicyclic amines) is 1. The van der Waals surface area contributed by atoms with Crippen LogP contribution in [0.2, 0.25) is 0 Å². The first-order valence-corrected chi connectivity index (χ1v) is 9.90. The highest BCUT2D eigenvalue weighted by molar-refractivity contribution is 5.94. The average molecular weight is 414 g/mol. The van der Waals surface area contributed by atoms with Crippen LogP contribution in [-0.4, -0.2) is 44.0 Å². The SMILES string of the molecule is COc1cc(CNC(=O)C2(C)CCN(C(=O)c3cccc(F)c3)CC2)cc(OC)c1. The predicted molar refractivity (Wildman–Crippen MR) is 111 cm³/mol. The van der Waals surface area contributed by atoms with Gasteiger partial charge in [-0.25, -0.2) is 4.39 Å². The summed E-state index contributed by atoms with van der Waals surface area (Å²) >= 11 is 0. The standard InChI is InChI=1S/C23H27FN2O4/c1-23(22(28)25-15-16-11-19(29-2)14-20(12-16)30-3)7-9-26(10-8-23)21(27)17-5-4-6-18(24)13-17/h4-6,11-14H,7-10,15H2,1-3H3,(H,25,28). The summed E-state index contributed by atoms with van der Waals surface area (Å²) in [5, 5.41) is 2.99. The number of nitrogens with zero attached hydrogens (tertiary/aromatic N) is 1. The Bertz CT molecular complexity index is 901. The van der Waals surface area contributed by atoms with Crippen LogP contribution in [0.25, 0.3) is 0 Å². The summed E-state index contributed by atoms with van der Waals surface area (Å²) in [6, 6.07) is 11.2. The summed E-state index contributed by atoms with van der Waals surface area (Å²) in [5.41, 5.74) is 0.638. The molecule has 0 aliphatic carbocycles. The average Bonchev–Trinajstić information content (AvgIpc) is 2.77. The van der Waals surface area contributed by atoms with Crippen LogP contribution < -0.4 is 14.8 Å². The van der Waals surface area contributed by atoms with E-state index in [-0.39, 0.29) is 11.8 Å². The highest BCUT2D eigenvalue weighted by Gasteiger charge is 2.38. The molecule has 160 valence electrons. The molecule has 0 radical (unpaired) electrons. The van der Waals surface area contributed by atoms with E-state index < -0.39 is 11.2 Å². The Balaban J connectivity index is 1.58. The Morgan fingerprint density at radius 3 is 2.27 bits per heavy atom. The third kappa shape index (κ3) is 4.90. The summed E-state index contributed by atoms with van der Waals surface area (Å²) in [6.07, 6.45) is 1.09. The minimum Gasteiger partial charge on any atom is -0.497 e. The van der Waals surface area contributed by atoms with Crippen molar-refractivity contribution >= 4 is 11.8 Å². The van der Waals surface area contributed by atoms with Crippen LogP contribution in [0.5, 0.6) is 11.5 Å². The molecule has 1 saturated heterocycles. The van der Waals surface area contributed by atoms with Gasteiger partial charge in [0.2, 0.25) is 5.91 Å². The van der Waals surface area contributed by atoms with E-state index in [1.54, 1.807) is 31.3 Å². The number of benzene rings is 2. The predicted octanol–water partition coefficient (Wildman–Crippen LogP) is 3.40. The van der Waals surface area contributed by atoms with E-state index >= 15 is 0 Å². The molecule has 0 aromatic heterocycles. The molecule has 2 amide bonds. The van der Waals surface area contributed by atoms with Crippen molar-refractivity contribution in [1.29, 1.82) is 0 Å². The molecule has 0 saturated carbocycles. The number of carbonyl (C=O) groups excluding carboxylic acids is 2. The fraction of sp³-hybridized carbons (Fsp3) is 0.391. The molecule has 2 aromatic carbocycles. The normalized spacial score (nSPS) is 15.4. The zero-order chi connectivity index (χ0) is 21.7. The van der Waals surface area contributed by atoms with E-state index in [1.165, 1.54) is 18.2 Å². The lowest BCUT2D eigenvalue weighted by molar-refractivity contribution is -0.132. The third-order valence-electron chi connectivity index (χ3n) is 5.64. The van der Waals surface area contributed by atoms with E-state index in [1.807, 2.05) is 19.1 Å². The van der Waals surface area contributed by atoms with Crippen LogP contribution in [0.3, 0.4) is 0 Å². The molecule has 0 unspecified atom stereocenters. The van der Waals surface area contributed by atoms with Gasteiger partial charge in [-0.2, -0.15) is 0 Å². The van der Waals surface area contributed by atoms with E-state index in [0.717, 1.165) is 5.56 Å². The minimum atomic E-state index is -0.568. The van der Waals surface area contributed by atoms with Crippen LogP contribution in [0.15, 0.2) is 42.5 Å². The molecule has 1 fully saturated rings. The van der Waals surface area contributed by atoms with E-state index in [4.69, 9.17) is 9.47 Å². The molecule has 0 bridgehead atoms. The minimum absolute atomic E-state index is 0.0536. The van der Waals surface area contributed by atoms with Crippen molar-refractivity contribution in [2.45, 2.75) is 26.3 Å². The van der Waals surface area contributed by atoms with Gasteiger partial charge in [-0.05, 0) is 48.7 Å². The van der Waals surface area contributed by atoms with E-state index in [2.05, 4.69) is 5.32 Å². The molecule has 1 aliphatic rings. The van der Waals surface area contributed by atoms with Crippen molar-refractivity contribution in [3.05, 3.63) is 59.4 Å². The summed E-state index contributed by atoms with van der Waals surface area (Å²) < 4.78 is 23.9. The number of ether oxygens (including phenoxy) is 2. The van der Waals surface area contributed by atoms with Crippen molar-refractivity contribution in [2.24, 2.45) is 5.41 Å². The van der Waals surface area contributed by atoms with Crippen LogP contribution >= 0.6 is 0 Å². The summed E-state index contributed by atoms with van der Waals surface area (Å²) in [4.78, 5) is 27.1. The lowest BCUT2D eigenvalue weighted by Crippen LogP contribution is -2.48. The Labute approximate surface area is 176 Å². The van der Waals surface area contributed by atoms with Gasteiger partial charge >= 0.3 is 0 Å². The van der Waals surface area contributed by atoms with Crippen LogP contribution in [0.4, 0.5) is 4.39 Å². The summed E-state index contributed by atoms with van der Waals surface area (Å²) in [7, 11) is 3.16. The first kappa shape index (κ1) is 21.6. The summed E-state index contributed by atoms with van der Waals surface area (Å²) in [5.74, 6) is 0.627. The molecule has 0 spiro atoms. The number of amides is 2. The quantitative estimate of drug-likeness (QED) is 0.787. The van der Waals surface area contributed by atoms with Crippen LogP contribution in [0, 0.1) is 11.2 Å². The van der Waals surface area contributed by atoms with Crippen molar-refractivity contribution in [2.75, 3.05) is 27.3 Å². The second-order valence-electron chi connectivity index (χ2n) is 7.77. The first-order chi connectivity index (χ1) is 14.3. The van der Waals surface area contributed by atoms with Gasteiger partial charge in [0.15, 0.2) is 0 Å². The van der Waals surface area contributed by atoms with Gasteiger partial charge in [-0.1, -0.05) is 13.0 Å². The van der Waals surface area contributed by atoms with E-state index in [0.29, 0.717) is 49.5 Å². The number of nitrogens with one attached hydrogen (secondary N) is 1. The van der Waals surface area contributed by atoms with Gasteiger partial charge < -0.3 is 19.7 Å². The molecule has 2 aromatic rings. The zero-order valence-corrected chi connectivity index (χ0v) is 17.5. The van der Waals surface area contributed by atoms with E-state index in [9.17, 15) is 14.0 Å². The van der Waals surface area contributed by atoms with Gasteiger partial charge in [-0.3, -0.25) is 9.59 Å². The number of hydrogen-bond acceptors (Lipinski definition) is 4. The molecule has 1 aliphatic heterocycles. The molecule has 1 N–H and O–H groups in total. The molecule has 30 heavy (non-hydrogen) atoms. The molecule has 3 rings (SSSR count).